The SMILES string of the molecule is CC(=O)Oc1ccccc1C=NNC(=O)C(O)(c1ccccc1)c1ccccc1. The fourth-order valence-corrected chi connectivity index (χ4v) is 2.86. The third-order valence-electron chi connectivity index (χ3n) is 4.25. The van der Waals surface area contributed by atoms with Gasteiger partial charge in [-0.25, -0.2) is 5.43 Å². The Hall–Kier alpha value is -3.77. The van der Waals surface area contributed by atoms with Crippen molar-refractivity contribution in [2.45, 2.75) is 12.5 Å². The number of nitrogens with one attached hydrogen (secondary N) is 1. The van der Waals surface area contributed by atoms with E-state index in [2.05, 4.69) is 10.5 Å². The number of para-hydroxylation sites is 1. The van der Waals surface area contributed by atoms with Crippen LogP contribution in [0.4, 0.5) is 0 Å². The maximum absolute atomic E-state index is 13.0. The second-order valence-corrected chi connectivity index (χ2v) is 6.27. The predicted molar refractivity (Wildman–Crippen MR) is 109 cm³/mol. The zero-order chi connectivity index (χ0) is 20.7. The molecule has 0 aliphatic rings. The normalized spacial score (nSPS) is 11.2. The van der Waals surface area contributed by atoms with Crippen LogP contribution in [0.5, 0.6) is 5.75 Å². The van der Waals surface area contributed by atoms with Crippen LogP contribution in [0.3, 0.4) is 0 Å². The highest BCUT2D eigenvalue weighted by molar-refractivity contribution is 5.91. The molecule has 0 fully saturated rings. The monoisotopic (exact) mass is 388 g/mol. The van der Waals surface area contributed by atoms with E-state index >= 15 is 0 Å². The van der Waals surface area contributed by atoms with Crippen LogP contribution in [0.2, 0.25) is 0 Å². The van der Waals surface area contributed by atoms with Crippen LogP contribution < -0.4 is 10.2 Å². The van der Waals surface area contributed by atoms with E-state index in [1.165, 1.54) is 13.1 Å². The fourth-order valence-electron chi connectivity index (χ4n) is 2.86. The molecule has 2 N–H and O–H groups in total. The van der Waals surface area contributed by atoms with Crippen molar-refractivity contribution in [2.24, 2.45) is 5.10 Å². The molecule has 0 atom stereocenters. The van der Waals surface area contributed by atoms with E-state index < -0.39 is 17.5 Å². The average Bonchev–Trinajstić information content (AvgIpc) is 2.75. The van der Waals surface area contributed by atoms with Gasteiger partial charge in [-0.15, -0.1) is 0 Å². The predicted octanol–water partition coefficient (Wildman–Crippen LogP) is 3.00. The lowest BCUT2D eigenvalue weighted by Crippen LogP contribution is -2.43. The number of hydrogen-bond donors (Lipinski definition) is 2. The van der Waals surface area contributed by atoms with Gasteiger partial charge >= 0.3 is 5.97 Å². The molecule has 0 saturated heterocycles. The van der Waals surface area contributed by atoms with Crippen molar-refractivity contribution < 1.29 is 19.4 Å². The Morgan fingerprint density at radius 3 is 1.97 bits per heavy atom. The average molecular weight is 388 g/mol. The van der Waals surface area contributed by atoms with Crippen molar-refractivity contribution in [1.82, 2.24) is 5.43 Å². The number of hydrazone groups is 1. The van der Waals surface area contributed by atoms with Gasteiger partial charge in [0.15, 0.2) is 5.60 Å². The van der Waals surface area contributed by atoms with Crippen molar-refractivity contribution in [3.05, 3.63) is 102 Å². The third-order valence-corrected chi connectivity index (χ3v) is 4.25. The summed E-state index contributed by atoms with van der Waals surface area (Å²) in [6.45, 7) is 1.30. The van der Waals surface area contributed by atoms with Gasteiger partial charge in [0.05, 0.1) is 6.21 Å². The van der Waals surface area contributed by atoms with E-state index in [1.807, 2.05) is 0 Å². The van der Waals surface area contributed by atoms with E-state index in [-0.39, 0.29) is 0 Å². The van der Waals surface area contributed by atoms with Crippen molar-refractivity contribution in [3.63, 3.8) is 0 Å². The summed E-state index contributed by atoms with van der Waals surface area (Å²) in [4.78, 5) is 24.2. The first-order chi connectivity index (χ1) is 14.0. The molecule has 3 rings (SSSR count). The number of nitrogens with zero attached hydrogens (tertiary/aromatic N) is 1. The standard InChI is InChI=1S/C23H20N2O4/c1-17(26)29-21-15-9-8-10-18(21)16-24-25-22(27)23(28,19-11-4-2-5-12-19)20-13-6-3-7-14-20/h2-16,28H,1H3,(H,25,27). The largest absolute Gasteiger partial charge is 0.426 e. The van der Waals surface area contributed by atoms with Gasteiger partial charge in [0.25, 0.3) is 5.91 Å². The van der Waals surface area contributed by atoms with E-state index in [4.69, 9.17) is 4.74 Å². The quantitative estimate of drug-likeness (QED) is 0.294. The minimum Gasteiger partial charge on any atom is -0.426 e. The first-order valence-corrected chi connectivity index (χ1v) is 8.96. The number of hydrogen-bond acceptors (Lipinski definition) is 5. The first-order valence-electron chi connectivity index (χ1n) is 8.96. The van der Waals surface area contributed by atoms with Crippen LogP contribution in [-0.2, 0) is 15.2 Å². The second-order valence-electron chi connectivity index (χ2n) is 6.27. The summed E-state index contributed by atoms with van der Waals surface area (Å²) in [5, 5.41) is 15.3. The number of ether oxygens (including phenoxy) is 1. The molecule has 0 radical (unpaired) electrons. The Bertz CT molecular complexity index is 978. The second kappa shape index (κ2) is 8.95. The van der Waals surface area contributed by atoms with Crippen molar-refractivity contribution >= 4 is 18.1 Å². The Morgan fingerprint density at radius 1 is 0.897 bits per heavy atom. The van der Waals surface area contributed by atoms with Crippen molar-refractivity contribution in [3.8, 4) is 5.75 Å². The van der Waals surface area contributed by atoms with E-state index in [0.717, 1.165) is 0 Å². The Balaban J connectivity index is 1.87. The fraction of sp³-hybridized carbons (Fsp3) is 0.0870. The van der Waals surface area contributed by atoms with Gasteiger partial charge in [-0.05, 0) is 23.3 Å². The Morgan fingerprint density at radius 2 is 1.41 bits per heavy atom. The minimum absolute atomic E-state index is 0.319. The molecule has 146 valence electrons. The van der Waals surface area contributed by atoms with Crippen molar-refractivity contribution in [1.29, 1.82) is 0 Å². The van der Waals surface area contributed by atoms with Gasteiger partial charge in [-0.2, -0.15) is 5.10 Å². The van der Waals surface area contributed by atoms with Crippen LogP contribution in [0.15, 0.2) is 90.0 Å². The highest BCUT2D eigenvalue weighted by Gasteiger charge is 2.39. The molecule has 0 aliphatic heterocycles. The number of carbonyl (C=O) groups excluding carboxylic acids is 2. The molecule has 6 nitrogen and oxygen atoms in total. The maximum Gasteiger partial charge on any atom is 0.308 e. The topological polar surface area (TPSA) is 88.0 Å². The zero-order valence-electron chi connectivity index (χ0n) is 15.8. The molecule has 3 aromatic carbocycles. The molecular formula is C23H20N2O4. The minimum atomic E-state index is -1.92. The summed E-state index contributed by atoms with van der Waals surface area (Å²) in [6, 6.07) is 24.1. The lowest BCUT2D eigenvalue weighted by molar-refractivity contribution is -0.136. The highest BCUT2D eigenvalue weighted by Crippen LogP contribution is 2.29. The van der Waals surface area contributed by atoms with Gasteiger partial charge in [-0.1, -0.05) is 72.8 Å². The van der Waals surface area contributed by atoms with Crippen LogP contribution in [-0.4, -0.2) is 23.2 Å². The van der Waals surface area contributed by atoms with E-state index in [0.29, 0.717) is 22.4 Å². The summed E-state index contributed by atoms with van der Waals surface area (Å²) in [5.74, 6) is -0.854. The summed E-state index contributed by atoms with van der Waals surface area (Å²) < 4.78 is 5.12. The van der Waals surface area contributed by atoms with Gasteiger partial charge in [0.2, 0.25) is 0 Å². The highest BCUT2D eigenvalue weighted by atomic mass is 16.5. The molecule has 1 amide bonds. The summed E-state index contributed by atoms with van der Waals surface area (Å²) in [7, 11) is 0. The van der Waals surface area contributed by atoms with Crippen LogP contribution >= 0.6 is 0 Å². The summed E-state index contributed by atoms with van der Waals surface area (Å²) in [5.41, 5.74) is 1.81. The van der Waals surface area contributed by atoms with E-state index in [9.17, 15) is 14.7 Å². The Kier molecular flexibility index (Phi) is 6.16. The number of esters is 1. The summed E-state index contributed by atoms with van der Waals surface area (Å²) in [6.07, 6.45) is 1.35. The van der Waals surface area contributed by atoms with Crippen LogP contribution in [0, 0.1) is 0 Å². The van der Waals surface area contributed by atoms with Crippen molar-refractivity contribution in [2.75, 3.05) is 0 Å². The molecule has 0 heterocycles. The molecule has 0 aliphatic carbocycles. The zero-order valence-corrected chi connectivity index (χ0v) is 15.8. The number of rotatable bonds is 6. The molecule has 0 bridgehead atoms. The molecule has 3 aromatic rings. The van der Waals surface area contributed by atoms with Crippen LogP contribution in [0.1, 0.15) is 23.6 Å². The van der Waals surface area contributed by atoms with Gasteiger partial charge in [-0.3, -0.25) is 9.59 Å². The molecule has 0 unspecified atom stereocenters. The molecule has 0 saturated carbocycles. The smallest absolute Gasteiger partial charge is 0.308 e. The number of benzene rings is 3. The van der Waals surface area contributed by atoms with Gasteiger partial charge in [0.1, 0.15) is 5.75 Å². The van der Waals surface area contributed by atoms with E-state index in [1.54, 1.807) is 84.9 Å². The molecule has 6 heteroatoms. The van der Waals surface area contributed by atoms with Gasteiger partial charge in [0, 0.05) is 12.5 Å². The maximum atomic E-state index is 13.0. The third kappa shape index (κ3) is 4.56. The number of amides is 1. The first kappa shape index (κ1) is 20.0. The lowest BCUT2D eigenvalue weighted by Gasteiger charge is -2.27. The number of carbonyl (C=O) groups is 2. The van der Waals surface area contributed by atoms with Gasteiger partial charge < -0.3 is 9.84 Å². The lowest BCUT2D eigenvalue weighted by atomic mass is 9.85. The molecule has 0 spiro atoms. The molecular weight excluding hydrogens is 368 g/mol. The van der Waals surface area contributed by atoms with Crippen LogP contribution in [0.25, 0.3) is 0 Å². The molecule has 0 aromatic heterocycles. The Labute approximate surface area is 168 Å². The summed E-state index contributed by atoms with van der Waals surface area (Å²) >= 11 is 0. The number of aliphatic hydroxyl groups is 1. The molecule has 29 heavy (non-hydrogen) atoms.